The normalized spacial score (nSPS) is 11.7. The Bertz CT molecular complexity index is 443. The molecule has 0 aliphatic carbocycles. The van der Waals surface area contributed by atoms with Crippen LogP contribution in [0, 0.1) is 0 Å². The van der Waals surface area contributed by atoms with Gasteiger partial charge >= 0.3 is 11.9 Å². The van der Waals surface area contributed by atoms with Crippen molar-refractivity contribution in [3.05, 3.63) is 35.4 Å². The Morgan fingerprint density at radius 2 is 1.68 bits per heavy atom. The van der Waals surface area contributed by atoms with Gasteiger partial charge in [-0.3, -0.25) is 0 Å². The molecule has 0 heterocycles. The van der Waals surface area contributed by atoms with Gasteiger partial charge in [0.15, 0.2) is 0 Å². The summed E-state index contributed by atoms with van der Waals surface area (Å²) in [7, 11) is 0. The highest BCUT2D eigenvalue weighted by Crippen LogP contribution is 2.12. The van der Waals surface area contributed by atoms with Gasteiger partial charge in [-0.15, -0.1) is 11.6 Å². The zero-order chi connectivity index (χ0) is 14.3. The van der Waals surface area contributed by atoms with Crippen LogP contribution < -0.4 is 0 Å². The van der Waals surface area contributed by atoms with Gasteiger partial charge in [-0.2, -0.15) is 0 Å². The Morgan fingerprint density at radius 3 is 2.16 bits per heavy atom. The van der Waals surface area contributed by atoms with Crippen molar-refractivity contribution < 1.29 is 19.1 Å². The predicted octanol–water partition coefficient (Wildman–Crippen LogP) is 3.04. The SMILES string of the molecule is CCCOC(=O)c1ccccc1C(=O)OCC(C)Cl. The fourth-order valence-corrected chi connectivity index (χ4v) is 1.44. The van der Waals surface area contributed by atoms with Crippen LogP contribution in [0.15, 0.2) is 24.3 Å². The summed E-state index contributed by atoms with van der Waals surface area (Å²) in [5.41, 5.74) is 0.407. The number of carbonyl (C=O) groups excluding carboxylic acids is 2. The van der Waals surface area contributed by atoms with Crippen molar-refractivity contribution in [1.29, 1.82) is 0 Å². The molecule has 0 amide bonds. The van der Waals surface area contributed by atoms with Gasteiger partial charge in [0.05, 0.1) is 23.1 Å². The van der Waals surface area contributed by atoms with Gasteiger partial charge < -0.3 is 9.47 Å². The molecule has 4 nitrogen and oxygen atoms in total. The van der Waals surface area contributed by atoms with E-state index in [1.54, 1.807) is 25.1 Å². The third kappa shape index (κ3) is 4.91. The molecule has 0 radical (unpaired) electrons. The highest BCUT2D eigenvalue weighted by Gasteiger charge is 2.19. The first-order chi connectivity index (χ1) is 9.06. The van der Waals surface area contributed by atoms with E-state index in [1.807, 2.05) is 6.92 Å². The maximum absolute atomic E-state index is 11.9. The van der Waals surface area contributed by atoms with Gasteiger partial charge in [-0.25, -0.2) is 9.59 Å². The molecule has 104 valence electrons. The predicted molar refractivity (Wildman–Crippen MR) is 72.6 cm³/mol. The first-order valence-electron chi connectivity index (χ1n) is 6.13. The summed E-state index contributed by atoms with van der Waals surface area (Å²) in [6, 6.07) is 6.41. The fourth-order valence-electron chi connectivity index (χ4n) is 1.38. The van der Waals surface area contributed by atoms with Crippen LogP contribution >= 0.6 is 11.6 Å². The van der Waals surface area contributed by atoms with Crippen molar-refractivity contribution in [3.63, 3.8) is 0 Å². The Hall–Kier alpha value is -1.55. The van der Waals surface area contributed by atoms with Crippen molar-refractivity contribution in [2.24, 2.45) is 0 Å². The standard InChI is InChI=1S/C14H17ClO4/c1-3-8-18-13(16)11-6-4-5-7-12(11)14(17)19-9-10(2)15/h4-7,10H,3,8-9H2,1-2H3. The Kier molecular flexibility index (Phi) is 6.36. The van der Waals surface area contributed by atoms with E-state index >= 15 is 0 Å². The lowest BCUT2D eigenvalue weighted by Crippen LogP contribution is -2.16. The molecular formula is C14H17ClO4. The van der Waals surface area contributed by atoms with Gasteiger partial charge in [0.1, 0.15) is 6.61 Å². The Balaban J connectivity index is 2.83. The number of rotatable bonds is 6. The second kappa shape index (κ2) is 7.79. The quantitative estimate of drug-likeness (QED) is 0.595. The molecule has 1 aromatic carbocycles. The van der Waals surface area contributed by atoms with Crippen LogP contribution in [0.25, 0.3) is 0 Å². The summed E-state index contributed by atoms with van der Waals surface area (Å²) >= 11 is 5.71. The molecule has 0 spiro atoms. The maximum Gasteiger partial charge on any atom is 0.339 e. The zero-order valence-corrected chi connectivity index (χ0v) is 11.8. The lowest BCUT2D eigenvalue weighted by Gasteiger charge is -2.10. The molecule has 0 aromatic heterocycles. The van der Waals surface area contributed by atoms with Crippen LogP contribution in [0.4, 0.5) is 0 Å². The van der Waals surface area contributed by atoms with Crippen molar-refractivity contribution >= 4 is 23.5 Å². The summed E-state index contributed by atoms with van der Waals surface area (Å²) in [6.07, 6.45) is 0.724. The minimum Gasteiger partial charge on any atom is -0.462 e. The molecular weight excluding hydrogens is 268 g/mol. The molecule has 0 saturated carbocycles. The number of ether oxygens (including phenoxy) is 2. The fraction of sp³-hybridized carbons (Fsp3) is 0.429. The average molecular weight is 285 g/mol. The second-order valence-corrected chi connectivity index (χ2v) is 4.81. The Morgan fingerprint density at radius 1 is 1.16 bits per heavy atom. The number of benzene rings is 1. The molecule has 1 unspecified atom stereocenters. The smallest absolute Gasteiger partial charge is 0.339 e. The van der Waals surface area contributed by atoms with E-state index in [0.717, 1.165) is 6.42 Å². The van der Waals surface area contributed by atoms with Crippen LogP contribution in [0.5, 0.6) is 0 Å². The maximum atomic E-state index is 11.9. The van der Waals surface area contributed by atoms with Crippen LogP contribution in [-0.4, -0.2) is 30.5 Å². The third-order valence-electron chi connectivity index (χ3n) is 2.25. The van der Waals surface area contributed by atoms with E-state index in [2.05, 4.69) is 0 Å². The summed E-state index contributed by atoms with van der Waals surface area (Å²) in [6.45, 7) is 4.03. The first-order valence-corrected chi connectivity index (χ1v) is 6.57. The van der Waals surface area contributed by atoms with Gasteiger partial charge in [-0.05, 0) is 25.5 Å². The molecule has 0 saturated heterocycles. The zero-order valence-electron chi connectivity index (χ0n) is 11.0. The molecule has 1 rings (SSSR count). The van der Waals surface area contributed by atoms with E-state index in [9.17, 15) is 9.59 Å². The summed E-state index contributed by atoms with van der Waals surface area (Å²) in [5, 5.41) is -0.275. The van der Waals surface area contributed by atoms with Crippen LogP contribution in [0.3, 0.4) is 0 Å². The first kappa shape index (κ1) is 15.5. The molecule has 0 N–H and O–H groups in total. The summed E-state index contributed by atoms with van der Waals surface area (Å²) < 4.78 is 10.0. The summed E-state index contributed by atoms with van der Waals surface area (Å²) in [4.78, 5) is 23.7. The number of halogens is 1. The van der Waals surface area contributed by atoms with Gasteiger partial charge in [0.2, 0.25) is 0 Å². The molecule has 1 aromatic rings. The largest absolute Gasteiger partial charge is 0.462 e. The minimum absolute atomic E-state index is 0.0960. The number of hydrogen-bond acceptors (Lipinski definition) is 4. The van der Waals surface area contributed by atoms with Crippen LogP contribution in [0.1, 0.15) is 41.0 Å². The monoisotopic (exact) mass is 284 g/mol. The van der Waals surface area contributed by atoms with Crippen molar-refractivity contribution in [2.75, 3.05) is 13.2 Å². The van der Waals surface area contributed by atoms with Crippen LogP contribution in [-0.2, 0) is 9.47 Å². The Labute approximate surface area is 117 Å². The number of esters is 2. The van der Waals surface area contributed by atoms with Crippen molar-refractivity contribution in [3.8, 4) is 0 Å². The molecule has 0 fully saturated rings. The minimum atomic E-state index is -0.573. The van der Waals surface area contributed by atoms with Crippen molar-refractivity contribution in [1.82, 2.24) is 0 Å². The molecule has 0 aliphatic rings. The van der Waals surface area contributed by atoms with Gasteiger partial charge in [-0.1, -0.05) is 19.1 Å². The highest BCUT2D eigenvalue weighted by molar-refractivity contribution is 6.20. The average Bonchev–Trinajstić information content (AvgIpc) is 2.42. The van der Waals surface area contributed by atoms with E-state index < -0.39 is 11.9 Å². The molecule has 0 bridgehead atoms. The number of carbonyl (C=O) groups is 2. The third-order valence-corrected chi connectivity index (χ3v) is 2.37. The number of alkyl halides is 1. The van der Waals surface area contributed by atoms with Gasteiger partial charge in [0, 0.05) is 0 Å². The molecule has 0 aliphatic heterocycles. The summed E-state index contributed by atoms with van der Waals surface area (Å²) in [5.74, 6) is -1.09. The molecule has 1 atom stereocenters. The lowest BCUT2D eigenvalue weighted by molar-refractivity contribution is 0.0459. The lowest BCUT2D eigenvalue weighted by atomic mass is 10.1. The highest BCUT2D eigenvalue weighted by atomic mass is 35.5. The number of hydrogen-bond donors (Lipinski definition) is 0. The topological polar surface area (TPSA) is 52.6 Å². The van der Waals surface area contributed by atoms with E-state index in [0.29, 0.717) is 6.61 Å². The second-order valence-electron chi connectivity index (χ2n) is 4.06. The van der Waals surface area contributed by atoms with E-state index in [-0.39, 0.29) is 23.1 Å². The van der Waals surface area contributed by atoms with Crippen LogP contribution in [0.2, 0.25) is 0 Å². The molecule has 5 heteroatoms. The van der Waals surface area contributed by atoms with E-state index in [1.165, 1.54) is 6.07 Å². The van der Waals surface area contributed by atoms with Crippen molar-refractivity contribution in [2.45, 2.75) is 25.6 Å². The van der Waals surface area contributed by atoms with Gasteiger partial charge in [0.25, 0.3) is 0 Å². The van der Waals surface area contributed by atoms with E-state index in [4.69, 9.17) is 21.1 Å². The molecule has 19 heavy (non-hydrogen) atoms.